The van der Waals surface area contributed by atoms with E-state index in [9.17, 15) is 9.59 Å². The second kappa shape index (κ2) is 14.4. The molecule has 1 atom stereocenters. The molecule has 0 heterocycles. The number of carbonyl (C=O) groups excluding carboxylic acids is 2. The van der Waals surface area contributed by atoms with Crippen molar-refractivity contribution in [2.24, 2.45) is 0 Å². The van der Waals surface area contributed by atoms with E-state index in [-0.39, 0.29) is 17.9 Å². The largest absolute Gasteiger partial charge is 0.352 e. The molecular formula is C32H37ClN2O2S. The van der Waals surface area contributed by atoms with Gasteiger partial charge in [-0.15, -0.1) is 11.8 Å². The maximum absolute atomic E-state index is 13.8. The van der Waals surface area contributed by atoms with Gasteiger partial charge in [-0.1, -0.05) is 79.0 Å². The van der Waals surface area contributed by atoms with Gasteiger partial charge in [0.05, 0.1) is 0 Å². The van der Waals surface area contributed by atoms with Gasteiger partial charge in [-0.25, -0.2) is 0 Å². The SMILES string of the molecule is Cc1ccccc1CN(C(=O)CCCSc1ccc(Cl)cc1)[C@@H](Cc1ccccc1)C(=O)NC1CCCC1. The van der Waals surface area contributed by atoms with Crippen molar-refractivity contribution >= 4 is 35.2 Å². The zero-order valence-electron chi connectivity index (χ0n) is 22.1. The molecule has 0 aromatic heterocycles. The number of nitrogens with zero attached hydrogens (tertiary/aromatic N) is 1. The van der Waals surface area contributed by atoms with E-state index in [1.807, 2.05) is 71.6 Å². The Morgan fingerprint density at radius 1 is 0.974 bits per heavy atom. The summed E-state index contributed by atoms with van der Waals surface area (Å²) in [6, 6.07) is 25.6. The predicted octanol–water partition coefficient (Wildman–Crippen LogP) is 7.22. The Bertz CT molecular complexity index is 1180. The van der Waals surface area contributed by atoms with Crippen LogP contribution in [0, 0.1) is 6.92 Å². The van der Waals surface area contributed by atoms with E-state index in [4.69, 9.17) is 11.6 Å². The molecule has 0 aliphatic heterocycles. The maximum Gasteiger partial charge on any atom is 0.243 e. The molecule has 2 amide bonds. The highest BCUT2D eigenvalue weighted by atomic mass is 35.5. The quantitative estimate of drug-likeness (QED) is 0.192. The topological polar surface area (TPSA) is 49.4 Å². The van der Waals surface area contributed by atoms with Crippen LogP contribution in [0.3, 0.4) is 0 Å². The maximum atomic E-state index is 13.8. The summed E-state index contributed by atoms with van der Waals surface area (Å²) in [7, 11) is 0. The lowest BCUT2D eigenvalue weighted by Gasteiger charge is -2.33. The van der Waals surface area contributed by atoms with Crippen LogP contribution >= 0.6 is 23.4 Å². The second-order valence-electron chi connectivity index (χ2n) is 10.0. The number of hydrogen-bond acceptors (Lipinski definition) is 3. The lowest BCUT2D eigenvalue weighted by Crippen LogP contribution is -2.52. The number of nitrogens with one attached hydrogen (secondary N) is 1. The normalized spacial score (nSPS) is 14.3. The minimum absolute atomic E-state index is 0.0208. The van der Waals surface area contributed by atoms with Crippen LogP contribution in [-0.2, 0) is 22.6 Å². The predicted molar refractivity (Wildman–Crippen MR) is 157 cm³/mol. The Morgan fingerprint density at radius 2 is 1.66 bits per heavy atom. The lowest BCUT2D eigenvalue weighted by molar-refractivity contribution is -0.141. The van der Waals surface area contributed by atoms with Crippen molar-refractivity contribution in [1.82, 2.24) is 10.2 Å². The van der Waals surface area contributed by atoms with Crippen molar-refractivity contribution < 1.29 is 9.59 Å². The van der Waals surface area contributed by atoms with E-state index in [1.54, 1.807) is 11.8 Å². The highest BCUT2D eigenvalue weighted by Gasteiger charge is 2.32. The third-order valence-electron chi connectivity index (χ3n) is 7.19. The third-order valence-corrected chi connectivity index (χ3v) is 8.54. The van der Waals surface area contributed by atoms with Crippen LogP contribution in [0.1, 0.15) is 55.2 Å². The molecule has 0 saturated heterocycles. The van der Waals surface area contributed by atoms with Crippen molar-refractivity contribution in [2.75, 3.05) is 5.75 Å². The highest BCUT2D eigenvalue weighted by molar-refractivity contribution is 7.99. The van der Waals surface area contributed by atoms with Crippen LogP contribution in [0.25, 0.3) is 0 Å². The number of carbonyl (C=O) groups is 2. The van der Waals surface area contributed by atoms with Gasteiger partial charge in [-0.2, -0.15) is 0 Å². The molecule has 38 heavy (non-hydrogen) atoms. The molecule has 1 saturated carbocycles. The van der Waals surface area contributed by atoms with Crippen LogP contribution in [-0.4, -0.2) is 34.6 Å². The van der Waals surface area contributed by atoms with Crippen molar-refractivity contribution in [3.8, 4) is 0 Å². The van der Waals surface area contributed by atoms with E-state index in [2.05, 4.69) is 24.4 Å². The first-order chi connectivity index (χ1) is 18.5. The van der Waals surface area contributed by atoms with Gasteiger partial charge in [0.2, 0.25) is 11.8 Å². The highest BCUT2D eigenvalue weighted by Crippen LogP contribution is 2.24. The number of aryl methyl sites for hydroxylation is 1. The third kappa shape index (κ3) is 8.37. The zero-order chi connectivity index (χ0) is 26.7. The summed E-state index contributed by atoms with van der Waals surface area (Å²) < 4.78 is 0. The number of benzene rings is 3. The number of halogens is 1. The molecule has 1 fully saturated rings. The molecule has 200 valence electrons. The van der Waals surface area contributed by atoms with Gasteiger partial charge in [0, 0.05) is 35.3 Å². The molecule has 0 radical (unpaired) electrons. The molecule has 3 aromatic rings. The molecule has 4 rings (SSSR count). The van der Waals surface area contributed by atoms with Crippen LogP contribution in [0.4, 0.5) is 0 Å². The van der Waals surface area contributed by atoms with Gasteiger partial charge in [0.15, 0.2) is 0 Å². The average molecular weight is 549 g/mol. The zero-order valence-corrected chi connectivity index (χ0v) is 23.6. The van der Waals surface area contributed by atoms with Crippen LogP contribution in [0.5, 0.6) is 0 Å². The van der Waals surface area contributed by atoms with Gasteiger partial charge >= 0.3 is 0 Å². The van der Waals surface area contributed by atoms with Crippen molar-refractivity contribution in [3.05, 3.63) is 101 Å². The number of amides is 2. The molecule has 1 aliphatic rings. The summed E-state index contributed by atoms with van der Waals surface area (Å²) in [6.07, 6.45) is 5.94. The van der Waals surface area contributed by atoms with Crippen LogP contribution in [0.2, 0.25) is 5.02 Å². The molecular weight excluding hydrogens is 512 g/mol. The standard InChI is InChI=1S/C32H37ClN2O2S/c1-24-10-5-6-13-26(24)23-35(31(36)16-9-21-38-29-19-17-27(33)18-20-29)30(22-25-11-3-2-4-12-25)32(37)34-28-14-7-8-15-28/h2-6,10-13,17-20,28,30H,7-9,14-16,21-23H2,1H3,(H,34,37)/t30-/m0/s1. The number of hydrogen-bond donors (Lipinski definition) is 1. The van der Waals surface area contributed by atoms with Crippen molar-refractivity contribution in [3.63, 3.8) is 0 Å². The Morgan fingerprint density at radius 3 is 2.37 bits per heavy atom. The molecule has 4 nitrogen and oxygen atoms in total. The molecule has 1 aliphatic carbocycles. The number of rotatable bonds is 12. The first-order valence-corrected chi connectivity index (χ1v) is 14.9. The Hall–Kier alpha value is -2.76. The fraction of sp³-hybridized carbons (Fsp3) is 0.375. The van der Waals surface area contributed by atoms with Gasteiger partial charge in [0.25, 0.3) is 0 Å². The summed E-state index contributed by atoms with van der Waals surface area (Å²) in [5.74, 6) is 0.800. The summed E-state index contributed by atoms with van der Waals surface area (Å²) in [5.41, 5.74) is 3.25. The van der Waals surface area contributed by atoms with Crippen LogP contribution in [0.15, 0.2) is 83.8 Å². The molecule has 6 heteroatoms. The molecule has 3 aromatic carbocycles. The van der Waals surface area contributed by atoms with E-state index >= 15 is 0 Å². The monoisotopic (exact) mass is 548 g/mol. The molecule has 0 bridgehead atoms. The van der Waals surface area contributed by atoms with Gasteiger partial charge in [-0.05, 0) is 72.9 Å². The van der Waals surface area contributed by atoms with Crippen molar-refractivity contribution in [1.29, 1.82) is 0 Å². The Labute approximate surface area is 236 Å². The van der Waals surface area contributed by atoms with E-state index in [0.717, 1.165) is 64.5 Å². The Balaban J connectivity index is 1.52. The minimum atomic E-state index is -0.561. The van der Waals surface area contributed by atoms with Gasteiger partial charge in [-0.3, -0.25) is 9.59 Å². The number of thioether (sulfide) groups is 1. The Kier molecular flexibility index (Phi) is 10.7. The molecule has 0 spiro atoms. The van der Waals surface area contributed by atoms with E-state index in [0.29, 0.717) is 19.4 Å². The summed E-state index contributed by atoms with van der Waals surface area (Å²) in [5, 5.41) is 4.00. The fourth-order valence-electron chi connectivity index (χ4n) is 4.98. The molecule has 0 unspecified atom stereocenters. The molecule has 1 N–H and O–H groups in total. The van der Waals surface area contributed by atoms with Crippen molar-refractivity contribution in [2.45, 2.75) is 75.4 Å². The first kappa shape index (κ1) is 28.3. The van der Waals surface area contributed by atoms with E-state index in [1.165, 1.54) is 0 Å². The summed E-state index contributed by atoms with van der Waals surface area (Å²) >= 11 is 7.72. The summed E-state index contributed by atoms with van der Waals surface area (Å²) in [4.78, 5) is 30.5. The smallest absolute Gasteiger partial charge is 0.243 e. The fourth-order valence-corrected chi connectivity index (χ4v) is 5.96. The first-order valence-electron chi connectivity index (χ1n) is 13.6. The second-order valence-corrected chi connectivity index (χ2v) is 11.7. The van der Waals surface area contributed by atoms with E-state index < -0.39 is 6.04 Å². The summed E-state index contributed by atoms with van der Waals surface area (Å²) in [6.45, 7) is 2.48. The van der Waals surface area contributed by atoms with Gasteiger partial charge in [0.1, 0.15) is 6.04 Å². The van der Waals surface area contributed by atoms with Gasteiger partial charge < -0.3 is 10.2 Å². The lowest BCUT2D eigenvalue weighted by atomic mass is 10.0. The average Bonchev–Trinajstić information content (AvgIpc) is 3.44. The van der Waals surface area contributed by atoms with Crippen LogP contribution < -0.4 is 5.32 Å². The minimum Gasteiger partial charge on any atom is -0.352 e.